The smallest absolute Gasteiger partial charge is 0.323 e. The number of carbonyl (C=O) groups is 3. The van der Waals surface area contributed by atoms with Gasteiger partial charge < -0.3 is 30.4 Å². The van der Waals surface area contributed by atoms with E-state index in [1.807, 2.05) is 0 Å². The van der Waals surface area contributed by atoms with Crippen molar-refractivity contribution in [3.8, 4) is 6.07 Å². The number of carbonyl (C=O) groups excluding carboxylic acids is 3. The number of aromatic nitrogens is 3. The van der Waals surface area contributed by atoms with Gasteiger partial charge >= 0.3 is 11.9 Å². The minimum atomic E-state index is -1.76. The molecular formula is C23H30N6O7. The van der Waals surface area contributed by atoms with E-state index in [0.717, 1.165) is 0 Å². The molecule has 0 radical (unpaired) electrons. The number of nitriles is 1. The van der Waals surface area contributed by atoms with Crippen LogP contribution in [0.25, 0.3) is 5.52 Å². The van der Waals surface area contributed by atoms with Crippen LogP contribution in [-0.4, -0.2) is 68.5 Å². The second-order valence-electron chi connectivity index (χ2n) is 8.88. The van der Waals surface area contributed by atoms with Crippen LogP contribution in [0.15, 0.2) is 18.5 Å². The van der Waals surface area contributed by atoms with Crippen molar-refractivity contribution in [3.05, 3.63) is 24.2 Å². The van der Waals surface area contributed by atoms with Gasteiger partial charge in [-0.15, -0.1) is 0 Å². The molecule has 1 fully saturated rings. The molecular weight excluding hydrogens is 472 g/mol. The molecule has 0 bridgehead atoms. The van der Waals surface area contributed by atoms with E-state index in [1.165, 1.54) is 17.8 Å². The van der Waals surface area contributed by atoms with Crippen molar-refractivity contribution in [2.24, 2.45) is 11.7 Å². The lowest BCUT2D eigenvalue weighted by Crippen LogP contribution is -2.56. The molecule has 4 N–H and O–H groups in total. The van der Waals surface area contributed by atoms with Crippen molar-refractivity contribution in [1.82, 2.24) is 14.6 Å². The summed E-state index contributed by atoms with van der Waals surface area (Å²) >= 11 is 0. The molecule has 1 aliphatic rings. The fourth-order valence-electron chi connectivity index (χ4n) is 3.88. The highest BCUT2D eigenvalue weighted by molar-refractivity contribution is 5.91. The molecule has 13 heteroatoms. The number of rotatable bonds is 8. The predicted octanol–water partition coefficient (Wildman–Crippen LogP) is 0.405. The molecule has 1 unspecified atom stereocenters. The number of hydrogen-bond acceptors (Lipinski definition) is 11. The zero-order valence-electron chi connectivity index (χ0n) is 20.5. The summed E-state index contributed by atoms with van der Waals surface area (Å²) in [4.78, 5) is 40.0. The van der Waals surface area contributed by atoms with Crippen molar-refractivity contribution in [2.75, 3.05) is 11.9 Å². The van der Waals surface area contributed by atoms with Crippen molar-refractivity contribution in [2.45, 2.75) is 70.5 Å². The van der Waals surface area contributed by atoms with Crippen LogP contribution in [0.5, 0.6) is 0 Å². The number of aliphatic hydroxyl groups excluding tert-OH is 1. The average Bonchev–Trinajstić information content (AvgIpc) is 3.29. The van der Waals surface area contributed by atoms with E-state index in [0.29, 0.717) is 5.52 Å². The van der Waals surface area contributed by atoms with Crippen molar-refractivity contribution in [3.63, 3.8) is 0 Å². The summed E-state index contributed by atoms with van der Waals surface area (Å²) in [5.41, 5.74) is 4.72. The molecule has 2 aromatic heterocycles. The Hall–Kier alpha value is -3.60. The minimum Gasteiger partial charge on any atom is -0.462 e. The lowest BCUT2D eigenvalue weighted by atomic mass is 9.86. The molecule has 1 saturated heterocycles. The maximum absolute atomic E-state index is 12.4. The van der Waals surface area contributed by atoms with Crippen LogP contribution in [0.1, 0.15) is 46.2 Å². The van der Waals surface area contributed by atoms with Crippen LogP contribution >= 0.6 is 0 Å². The van der Waals surface area contributed by atoms with E-state index in [4.69, 9.17) is 19.9 Å². The lowest BCUT2D eigenvalue weighted by molar-refractivity contribution is -0.227. The number of aliphatic hydroxyl groups is 1. The number of ether oxygens (including phenoxy) is 3. The van der Waals surface area contributed by atoms with Crippen LogP contribution in [0.2, 0.25) is 0 Å². The third kappa shape index (κ3) is 5.46. The zero-order valence-corrected chi connectivity index (χ0v) is 20.5. The molecule has 1 aliphatic heterocycles. The number of hydrogen-bond donors (Lipinski definition) is 3. The summed E-state index contributed by atoms with van der Waals surface area (Å²) in [5.74, 6) is -1.61. The second-order valence-corrected chi connectivity index (χ2v) is 8.88. The van der Waals surface area contributed by atoms with Gasteiger partial charge in [-0.1, -0.05) is 20.8 Å². The van der Waals surface area contributed by atoms with E-state index >= 15 is 0 Å². The van der Waals surface area contributed by atoms with Gasteiger partial charge in [-0.2, -0.15) is 10.4 Å². The molecule has 0 aromatic carbocycles. The maximum Gasteiger partial charge on any atom is 0.323 e. The number of nitrogens with zero attached hydrogens (tertiary/aromatic N) is 4. The van der Waals surface area contributed by atoms with Gasteiger partial charge in [0.1, 0.15) is 36.7 Å². The quantitative estimate of drug-likeness (QED) is 0.423. The lowest BCUT2D eigenvalue weighted by Gasteiger charge is -2.42. The van der Waals surface area contributed by atoms with Gasteiger partial charge in [0.05, 0.1) is 11.8 Å². The van der Waals surface area contributed by atoms with E-state index in [1.54, 1.807) is 32.9 Å². The fraction of sp³-hybridized carbons (Fsp3) is 0.565. The summed E-state index contributed by atoms with van der Waals surface area (Å²) in [5, 5.41) is 28.0. The number of fused-ring (bicyclic) bond motifs is 1. The van der Waals surface area contributed by atoms with Gasteiger partial charge in [0.25, 0.3) is 0 Å². The van der Waals surface area contributed by atoms with E-state index < -0.39 is 48.5 Å². The molecule has 0 aliphatic carbocycles. The maximum atomic E-state index is 12.4. The summed E-state index contributed by atoms with van der Waals surface area (Å²) in [6.07, 6.45) is -2.74. The van der Waals surface area contributed by atoms with Crippen LogP contribution in [0.4, 0.5) is 5.82 Å². The monoisotopic (exact) mass is 502 g/mol. The van der Waals surface area contributed by atoms with Gasteiger partial charge in [0, 0.05) is 19.8 Å². The summed E-state index contributed by atoms with van der Waals surface area (Å²) in [7, 11) is 0. The Bertz CT molecular complexity index is 1180. The topological polar surface area (TPSA) is 191 Å². The number of esters is 2. The average molecular weight is 503 g/mol. The highest BCUT2D eigenvalue weighted by Gasteiger charge is 2.52. The highest BCUT2D eigenvalue weighted by atomic mass is 16.6. The van der Waals surface area contributed by atoms with E-state index in [2.05, 4.69) is 21.5 Å². The Morgan fingerprint density at radius 2 is 2.14 bits per heavy atom. The Kier molecular flexibility index (Phi) is 8.24. The van der Waals surface area contributed by atoms with Gasteiger partial charge in [-0.25, -0.2) is 9.50 Å². The third-order valence-corrected chi connectivity index (χ3v) is 5.87. The van der Waals surface area contributed by atoms with Crippen molar-refractivity contribution < 1.29 is 33.7 Å². The second kappa shape index (κ2) is 11.0. The number of anilines is 1. The normalized spacial score (nSPS) is 24.7. The largest absolute Gasteiger partial charge is 0.462 e. The molecule has 0 saturated carbocycles. The minimum absolute atomic E-state index is 0.0452. The first-order valence-corrected chi connectivity index (χ1v) is 11.5. The summed E-state index contributed by atoms with van der Waals surface area (Å²) in [6, 6.07) is 4.35. The Morgan fingerprint density at radius 3 is 2.75 bits per heavy atom. The van der Waals surface area contributed by atoms with Gasteiger partial charge in [-0.05, 0) is 18.1 Å². The zero-order chi connectivity index (χ0) is 26.6. The van der Waals surface area contributed by atoms with E-state index in [-0.39, 0.29) is 36.2 Å². The van der Waals surface area contributed by atoms with Gasteiger partial charge in [0.15, 0.2) is 17.5 Å². The van der Waals surface area contributed by atoms with Crippen LogP contribution < -0.4 is 11.1 Å². The molecule has 194 valence electrons. The molecule has 36 heavy (non-hydrogen) atoms. The standard InChI is InChI=1S/C23H30N6O7/c1-5-18(32)35-20-15(31)8-23(10-24,36-16(20)9-34-22(33)19(25)12(2)3)17-7-6-14-21(28-13(4)30)26-11-27-29(14)17/h6-7,11-12,15-16,19-20,31H,5,8-9,25H2,1-4H3,(H,26,27,28,30)/t15-,16+,19?,20-,23-/m0/s1. The molecule has 0 spiro atoms. The van der Waals surface area contributed by atoms with Crippen LogP contribution in [0, 0.1) is 17.2 Å². The van der Waals surface area contributed by atoms with Crippen molar-refractivity contribution >= 4 is 29.2 Å². The van der Waals surface area contributed by atoms with Crippen LogP contribution in [-0.2, 0) is 34.2 Å². The first-order valence-electron chi connectivity index (χ1n) is 11.5. The molecule has 2 aromatic rings. The van der Waals surface area contributed by atoms with Crippen LogP contribution in [0.3, 0.4) is 0 Å². The summed E-state index contributed by atoms with van der Waals surface area (Å²) in [6.45, 7) is 6.02. The first-order chi connectivity index (χ1) is 17.0. The number of nitrogens with two attached hydrogens (primary N) is 1. The first kappa shape index (κ1) is 27.0. The molecule has 3 heterocycles. The predicted molar refractivity (Wildman–Crippen MR) is 124 cm³/mol. The van der Waals surface area contributed by atoms with Crippen molar-refractivity contribution in [1.29, 1.82) is 5.26 Å². The van der Waals surface area contributed by atoms with Gasteiger partial charge in [-0.3, -0.25) is 14.4 Å². The SMILES string of the molecule is CCC(=O)O[C@H]1[C@@H](O)C[C@](C#N)(c2ccc3c(NC(C)=O)ncnn23)O[C@@H]1COC(=O)C(N)C(C)C. The molecule has 5 atom stereocenters. The molecule has 13 nitrogen and oxygen atoms in total. The Balaban J connectivity index is 1.98. The molecule has 1 amide bonds. The Morgan fingerprint density at radius 1 is 1.42 bits per heavy atom. The fourth-order valence-corrected chi connectivity index (χ4v) is 3.88. The number of nitrogens with one attached hydrogen (secondary N) is 1. The number of amides is 1. The Labute approximate surface area is 207 Å². The molecule has 3 rings (SSSR count). The van der Waals surface area contributed by atoms with E-state index in [9.17, 15) is 24.8 Å². The van der Waals surface area contributed by atoms with Gasteiger partial charge in [0.2, 0.25) is 5.91 Å². The highest BCUT2D eigenvalue weighted by Crippen LogP contribution is 2.40. The third-order valence-electron chi connectivity index (χ3n) is 5.87. The summed E-state index contributed by atoms with van der Waals surface area (Å²) < 4.78 is 18.2.